The van der Waals surface area contributed by atoms with E-state index in [1.807, 2.05) is 0 Å². The largest absolute Gasteiger partial charge is 0.0831 e. The second-order valence-corrected chi connectivity index (χ2v) is 5.62. The van der Waals surface area contributed by atoms with Crippen LogP contribution in [0.25, 0.3) is 0 Å². The lowest BCUT2D eigenvalue weighted by Gasteiger charge is -2.16. The predicted molar refractivity (Wildman–Crippen MR) is 65.1 cm³/mol. The van der Waals surface area contributed by atoms with E-state index in [0.29, 0.717) is 0 Å². The van der Waals surface area contributed by atoms with Crippen LogP contribution in [0.15, 0.2) is 16.6 Å². The Morgan fingerprint density at radius 1 is 1.43 bits per heavy atom. The fourth-order valence-electron chi connectivity index (χ4n) is 2.32. The first kappa shape index (κ1) is 10.5. The Morgan fingerprint density at radius 2 is 2.14 bits per heavy atom. The predicted octanol–water partition coefficient (Wildman–Crippen LogP) is 4.79. The molecule has 1 unspecified atom stereocenters. The van der Waals surface area contributed by atoms with Crippen LogP contribution in [0.4, 0.5) is 0 Å². The van der Waals surface area contributed by atoms with Gasteiger partial charge in [0.05, 0.1) is 5.02 Å². The van der Waals surface area contributed by atoms with E-state index in [1.54, 1.807) is 0 Å². The minimum absolute atomic E-state index is 0.721. The maximum atomic E-state index is 6.07. The van der Waals surface area contributed by atoms with Crippen LogP contribution < -0.4 is 0 Å². The van der Waals surface area contributed by atoms with Crippen molar-refractivity contribution in [2.75, 3.05) is 0 Å². The molecule has 1 atom stereocenters. The average molecular weight is 274 g/mol. The van der Waals surface area contributed by atoms with Crippen molar-refractivity contribution >= 4 is 27.5 Å². The zero-order valence-corrected chi connectivity index (χ0v) is 10.8. The highest BCUT2D eigenvalue weighted by atomic mass is 79.9. The minimum atomic E-state index is 0.721. The first-order chi connectivity index (χ1) is 6.59. The molecular weight excluding hydrogens is 259 g/mol. The second-order valence-electron chi connectivity index (χ2n) is 4.35. The van der Waals surface area contributed by atoms with Crippen molar-refractivity contribution in [1.82, 2.24) is 0 Å². The van der Waals surface area contributed by atoms with Gasteiger partial charge in [0.1, 0.15) is 0 Å². The fraction of sp³-hybridized carbons (Fsp3) is 0.500. The molecule has 1 aromatic carbocycles. The summed E-state index contributed by atoms with van der Waals surface area (Å²) in [6.45, 7) is 4.59. The normalized spacial score (nSPS) is 20.2. The van der Waals surface area contributed by atoms with Crippen LogP contribution in [-0.4, -0.2) is 0 Å². The summed E-state index contributed by atoms with van der Waals surface area (Å²) in [6.07, 6.45) is 2.46. The average Bonchev–Trinajstić information content (AvgIpc) is 2.48. The molecule has 0 fully saturated rings. The maximum Gasteiger partial charge on any atom is 0.0551 e. The molecule has 1 aromatic rings. The highest BCUT2D eigenvalue weighted by molar-refractivity contribution is 9.10. The van der Waals surface area contributed by atoms with E-state index in [9.17, 15) is 0 Å². The lowest BCUT2D eigenvalue weighted by atomic mass is 9.90. The van der Waals surface area contributed by atoms with Crippen molar-refractivity contribution in [3.8, 4) is 0 Å². The zero-order chi connectivity index (χ0) is 10.3. The van der Waals surface area contributed by atoms with Gasteiger partial charge in [0, 0.05) is 4.47 Å². The summed E-state index contributed by atoms with van der Waals surface area (Å²) in [5, 5.41) is 0.841. The Kier molecular flexibility index (Phi) is 2.90. The van der Waals surface area contributed by atoms with Crippen molar-refractivity contribution in [2.45, 2.75) is 32.6 Å². The van der Waals surface area contributed by atoms with Crippen LogP contribution in [0.2, 0.25) is 5.02 Å². The highest BCUT2D eigenvalue weighted by Gasteiger charge is 2.25. The van der Waals surface area contributed by atoms with Gasteiger partial charge < -0.3 is 0 Å². The molecular formula is C12H14BrCl. The smallest absolute Gasteiger partial charge is 0.0551 e. The van der Waals surface area contributed by atoms with Crippen molar-refractivity contribution in [1.29, 1.82) is 0 Å². The zero-order valence-electron chi connectivity index (χ0n) is 8.48. The standard InChI is InChI=1S/C12H14BrCl/c1-7(2)9-4-3-8-5-12(14)11(13)6-10(8)9/h5-7,9H,3-4H2,1-2H3. The van der Waals surface area contributed by atoms with Crippen molar-refractivity contribution in [3.05, 3.63) is 32.8 Å². The molecule has 0 spiro atoms. The molecule has 0 heterocycles. The molecule has 0 saturated heterocycles. The molecule has 2 rings (SSSR count). The van der Waals surface area contributed by atoms with Gasteiger partial charge in [-0.1, -0.05) is 25.4 Å². The number of aryl methyl sites for hydroxylation is 1. The van der Waals surface area contributed by atoms with Gasteiger partial charge in [0.2, 0.25) is 0 Å². The van der Waals surface area contributed by atoms with Crippen molar-refractivity contribution in [3.63, 3.8) is 0 Å². The summed E-state index contributed by atoms with van der Waals surface area (Å²) in [7, 11) is 0. The molecule has 76 valence electrons. The highest BCUT2D eigenvalue weighted by Crippen LogP contribution is 2.41. The van der Waals surface area contributed by atoms with Crippen LogP contribution in [0.1, 0.15) is 37.3 Å². The fourth-order valence-corrected chi connectivity index (χ4v) is 2.87. The number of rotatable bonds is 1. The first-order valence-electron chi connectivity index (χ1n) is 5.07. The van der Waals surface area contributed by atoms with Crippen LogP contribution in [-0.2, 0) is 6.42 Å². The van der Waals surface area contributed by atoms with E-state index in [4.69, 9.17) is 11.6 Å². The molecule has 0 amide bonds. The monoisotopic (exact) mass is 272 g/mol. The van der Waals surface area contributed by atoms with Crippen LogP contribution in [0, 0.1) is 5.92 Å². The van der Waals surface area contributed by atoms with E-state index < -0.39 is 0 Å². The summed E-state index contributed by atoms with van der Waals surface area (Å²) in [5.41, 5.74) is 2.94. The third-order valence-electron chi connectivity index (χ3n) is 3.11. The van der Waals surface area contributed by atoms with Gasteiger partial charge in [0.25, 0.3) is 0 Å². The van der Waals surface area contributed by atoms with E-state index in [0.717, 1.165) is 21.3 Å². The SMILES string of the molecule is CC(C)C1CCc2cc(Cl)c(Br)cc21. The van der Waals surface area contributed by atoms with Crippen LogP contribution in [0.5, 0.6) is 0 Å². The van der Waals surface area contributed by atoms with E-state index in [-0.39, 0.29) is 0 Å². The van der Waals surface area contributed by atoms with Gasteiger partial charge in [-0.25, -0.2) is 0 Å². The minimum Gasteiger partial charge on any atom is -0.0831 e. The van der Waals surface area contributed by atoms with Crippen LogP contribution in [0.3, 0.4) is 0 Å². The molecule has 0 N–H and O–H groups in total. The molecule has 0 saturated carbocycles. The number of benzene rings is 1. The first-order valence-corrected chi connectivity index (χ1v) is 6.24. The molecule has 14 heavy (non-hydrogen) atoms. The summed E-state index contributed by atoms with van der Waals surface area (Å²) in [5.74, 6) is 1.45. The van der Waals surface area contributed by atoms with Crippen molar-refractivity contribution < 1.29 is 0 Å². The lowest BCUT2D eigenvalue weighted by molar-refractivity contribution is 0.495. The lowest BCUT2D eigenvalue weighted by Crippen LogP contribution is -2.02. The van der Waals surface area contributed by atoms with Gasteiger partial charge in [-0.15, -0.1) is 0 Å². The summed E-state index contributed by atoms with van der Waals surface area (Å²) in [6, 6.07) is 4.32. The Balaban J connectivity index is 2.45. The van der Waals surface area contributed by atoms with E-state index in [2.05, 4.69) is 41.9 Å². The van der Waals surface area contributed by atoms with E-state index >= 15 is 0 Å². The Bertz CT molecular complexity index is 358. The number of hydrogen-bond acceptors (Lipinski definition) is 0. The molecule has 0 aromatic heterocycles. The Labute approximate surface area is 98.8 Å². The molecule has 0 bridgehead atoms. The third kappa shape index (κ3) is 1.72. The quantitative estimate of drug-likeness (QED) is 0.690. The molecule has 0 radical (unpaired) electrons. The molecule has 0 aliphatic heterocycles. The Hall–Kier alpha value is -0.0100. The topological polar surface area (TPSA) is 0 Å². The summed E-state index contributed by atoms with van der Waals surface area (Å²) in [4.78, 5) is 0. The van der Waals surface area contributed by atoms with E-state index in [1.165, 1.54) is 24.0 Å². The Morgan fingerprint density at radius 3 is 2.79 bits per heavy atom. The molecule has 1 aliphatic rings. The van der Waals surface area contributed by atoms with Gasteiger partial charge in [-0.3, -0.25) is 0 Å². The number of hydrogen-bond donors (Lipinski definition) is 0. The molecule has 2 heteroatoms. The van der Waals surface area contributed by atoms with Crippen molar-refractivity contribution in [2.24, 2.45) is 5.92 Å². The number of halogens is 2. The van der Waals surface area contributed by atoms with Crippen LogP contribution >= 0.6 is 27.5 Å². The number of fused-ring (bicyclic) bond motifs is 1. The maximum absolute atomic E-state index is 6.07. The second kappa shape index (κ2) is 3.86. The summed E-state index contributed by atoms with van der Waals surface area (Å²) >= 11 is 9.57. The van der Waals surface area contributed by atoms with Gasteiger partial charge >= 0.3 is 0 Å². The van der Waals surface area contributed by atoms with Gasteiger partial charge in [0.15, 0.2) is 0 Å². The summed E-state index contributed by atoms with van der Waals surface area (Å²) < 4.78 is 1.03. The van der Waals surface area contributed by atoms with Gasteiger partial charge in [-0.05, 0) is 63.9 Å². The van der Waals surface area contributed by atoms with Gasteiger partial charge in [-0.2, -0.15) is 0 Å². The molecule has 1 aliphatic carbocycles. The molecule has 0 nitrogen and oxygen atoms in total. The third-order valence-corrected chi connectivity index (χ3v) is 4.31.